The minimum absolute atomic E-state index is 0.0718. The van der Waals surface area contributed by atoms with Gasteiger partial charge in [-0.1, -0.05) is 38.0 Å². The van der Waals surface area contributed by atoms with E-state index in [0.717, 1.165) is 31.2 Å². The van der Waals surface area contributed by atoms with E-state index < -0.39 is 10.0 Å². The zero-order chi connectivity index (χ0) is 15.3. The van der Waals surface area contributed by atoms with Gasteiger partial charge in [0.1, 0.15) is 0 Å². The molecule has 1 aromatic carbocycles. The van der Waals surface area contributed by atoms with Crippen LogP contribution in [0.1, 0.15) is 44.6 Å². The maximum Gasteiger partial charge on any atom is 0.241 e. The van der Waals surface area contributed by atoms with Crippen LogP contribution in [-0.4, -0.2) is 21.5 Å². The Morgan fingerprint density at radius 1 is 1.14 bits per heavy atom. The average molecular weight is 310 g/mol. The molecule has 2 N–H and O–H groups in total. The zero-order valence-corrected chi connectivity index (χ0v) is 13.7. The molecule has 0 bridgehead atoms. The summed E-state index contributed by atoms with van der Waals surface area (Å²) in [6, 6.07) is 7.28. The highest BCUT2D eigenvalue weighted by molar-refractivity contribution is 7.89. The van der Waals surface area contributed by atoms with E-state index in [-0.39, 0.29) is 6.04 Å². The number of hydrogen-bond donors (Lipinski definition) is 2. The van der Waals surface area contributed by atoms with Crippen LogP contribution in [0.5, 0.6) is 0 Å². The zero-order valence-electron chi connectivity index (χ0n) is 12.9. The molecule has 21 heavy (non-hydrogen) atoms. The molecule has 0 aromatic heterocycles. The van der Waals surface area contributed by atoms with E-state index in [0.29, 0.717) is 17.4 Å². The Kier molecular flexibility index (Phi) is 5.79. The van der Waals surface area contributed by atoms with Crippen LogP contribution >= 0.6 is 0 Å². The first kappa shape index (κ1) is 16.5. The fourth-order valence-electron chi connectivity index (χ4n) is 2.99. The predicted molar refractivity (Wildman–Crippen MR) is 85.6 cm³/mol. The number of sulfonamides is 1. The first-order chi connectivity index (χ1) is 10.0. The van der Waals surface area contributed by atoms with Gasteiger partial charge in [-0.2, -0.15) is 0 Å². The Labute approximate surface area is 128 Å². The summed E-state index contributed by atoms with van der Waals surface area (Å²) in [5.41, 5.74) is 0.814. The smallest absolute Gasteiger partial charge is 0.241 e. The number of rotatable bonds is 5. The maximum atomic E-state index is 12.7. The van der Waals surface area contributed by atoms with Crippen LogP contribution < -0.4 is 10.0 Å². The molecule has 1 aliphatic carbocycles. The molecule has 1 saturated carbocycles. The summed E-state index contributed by atoms with van der Waals surface area (Å²) in [4.78, 5) is 0.400. The SMILES string of the molecule is CNCc1ccccc1S(=O)(=O)NC1CCCC(C)CC1. The quantitative estimate of drug-likeness (QED) is 0.822. The fraction of sp³-hybridized carbons (Fsp3) is 0.625. The maximum absolute atomic E-state index is 12.7. The van der Waals surface area contributed by atoms with E-state index in [1.165, 1.54) is 6.42 Å². The van der Waals surface area contributed by atoms with Crippen molar-refractivity contribution >= 4 is 10.0 Å². The molecular formula is C16H26N2O2S. The van der Waals surface area contributed by atoms with Crippen molar-refractivity contribution in [3.8, 4) is 0 Å². The van der Waals surface area contributed by atoms with Crippen molar-refractivity contribution in [2.75, 3.05) is 7.05 Å². The van der Waals surface area contributed by atoms with Crippen LogP contribution in [0.25, 0.3) is 0 Å². The average Bonchev–Trinajstić information content (AvgIpc) is 2.64. The molecule has 0 radical (unpaired) electrons. The lowest BCUT2D eigenvalue weighted by Crippen LogP contribution is -2.35. The van der Waals surface area contributed by atoms with E-state index in [4.69, 9.17) is 0 Å². The summed E-state index contributed by atoms with van der Waals surface area (Å²) < 4.78 is 28.2. The Morgan fingerprint density at radius 2 is 1.90 bits per heavy atom. The summed E-state index contributed by atoms with van der Waals surface area (Å²) in [7, 11) is -1.61. The Balaban J connectivity index is 2.14. The van der Waals surface area contributed by atoms with E-state index in [2.05, 4.69) is 17.0 Å². The third-order valence-electron chi connectivity index (χ3n) is 4.21. The predicted octanol–water partition coefficient (Wildman–Crippen LogP) is 2.65. The molecule has 0 amide bonds. The highest BCUT2D eigenvalue weighted by atomic mass is 32.2. The van der Waals surface area contributed by atoms with Gasteiger partial charge in [-0.3, -0.25) is 0 Å². The Bertz CT molecular complexity index is 557. The van der Waals surface area contributed by atoms with Crippen LogP contribution in [0.3, 0.4) is 0 Å². The van der Waals surface area contributed by atoms with Crippen LogP contribution in [-0.2, 0) is 16.6 Å². The number of nitrogens with one attached hydrogen (secondary N) is 2. The molecule has 1 aromatic rings. The molecule has 0 spiro atoms. The molecular weight excluding hydrogens is 284 g/mol. The van der Waals surface area contributed by atoms with Gasteiger partial charge in [0.05, 0.1) is 4.90 Å². The molecule has 1 aliphatic rings. The summed E-state index contributed by atoms with van der Waals surface area (Å²) >= 11 is 0. The monoisotopic (exact) mass is 310 g/mol. The van der Waals surface area contributed by atoms with Crippen molar-refractivity contribution in [2.45, 2.75) is 56.5 Å². The van der Waals surface area contributed by atoms with Crippen LogP contribution in [0.15, 0.2) is 29.2 Å². The third-order valence-corrected chi connectivity index (χ3v) is 5.83. The molecule has 2 atom stereocenters. The molecule has 1 fully saturated rings. The van der Waals surface area contributed by atoms with Crippen molar-refractivity contribution in [1.29, 1.82) is 0 Å². The fourth-order valence-corrected chi connectivity index (χ4v) is 4.53. The highest BCUT2D eigenvalue weighted by Gasteiger charge is 2.24. The summed E-state index contributed by atoms with van der Waals surface area (Å²) in [6.45, 7) is 2.80. The second kappa shape index (κ2) is 7.38. The minimum atomic E-state index is -3.44. The topological polar surface area (TPSA) is 58.2 Å². The molecule has 4 nitrogen and oxygen atoms in total. The van der Waals surface area contributed by atoms with E-state index in [9.17, 15) is 8.42 Å². The second-order valence-corrected chi connectivity index (χ2v) is 7.75. The van der Waals surface area contributed by atoms with E-state index in [1.54, 1.807) is 12.1 Å². The lowest BCUT2D eigenvalue weighted by atomic mass is 10.0. The van der Waals surface area contributed by atoms with Gasteiger partial charge in [0.15, 0.2) is 0 Å². The van der Waals surface area contributed by atoms with Gasteiger partial charge < -0.3 is 5.32 Å². The van der Waals surface area contributed by atoms with Gasteiger partial charge in [-0.15, -0.1) is 0 Å². The molecule has 2 rings (SSSR count). The van der Waals surface area contributed by atoms with Crippen molar-refractivity contribution in [1.82, 2.24) is 10.0 Å². The molecule has 0 saturated heterocycles. The molecule has 2 unspecified atom stereocenters. The standard InChI is InChI=1S/C16H26N2O2S/c1-13-6-5-8-15(11-10-13)18-21(19,20)16-9-4-3-7-14(16)12-17-2/h3-4,7,9,13,15,17-18H,5-6,8,10-12H2,1-2H3. The van der Waals surface area contributed by atoms with Gasteiger partial charge in [-0.25, -0.2) is 13.1 Å². The minimum Gasteiger partial charge on any atom is -0.316 e. The van der Waals surface area contributed by atoms with Crippen molar-refractivity contribution < 1.29 is 8.42 Å². The van der Waals surface area contributed by atoms with Crippen LogP contribution in [0.4, 0.5) is 0 Å². The second-order valence-electron chi connectivity index (χ2n) is 6.07. The summed E-state index contributed by atoms with van der Waals surface area (Å²) in [5, 5.41) is 3.02. The van der Waals surface area contributed by atoms with Crippen LogP contribution in [0, 0.1) is 5.92 Å². The summed E-state index contributed by atoms with van der Waals surface area (Å²) in [6.07, 6.45) is 5.29. The van der Waals surface area contributed by atoms with Gasteiger partial charge in [-0.05, 0) is 43.9 Å². The lowest BCUT2D eigenvalue weighted by molar-refractivity contribution is 0.484. The Morgan fingerprint density at radius 3 is 2.67 bits per heavy atom. The summed E-state index contributed by atoms with van der Waals surface area (Å²) in [5.74, 6) is 0.705. The molecule has 0 heterocycles. The van der Waals surface area contributed by atoms with Crippen molar-refractivity contribution in [2.24, 2.45) is 5.92 Å². The molecule has 5 heteroatoms. The van der Waals surface area contributed by atoms with Gasteiger partial charge >= 0.3 is 0 Å². The van der Waals surface area contributed by atoms with Crippen molar-refractivity contribution in [3.63, 3.8) is 0 Å². The Hall–Kier alpha value is -0.910. The first-order valence-corrected chi connectivity index (χ1v) is 9.26. The third kappa shape index (κ3) is 4.53. The van der Waals surface area contributed by atoms with E-state index >= 15 is 0 Å². The van der Waals surface area contributed by atoms with Gasteiger partial charge in [0.2, 0.25) is 10.0 Å². The normalized spacial score (nSPS) is 23.7. The largest absolute Gasteiger partial charge is 0.316 e. The number of benzene rings is 1. The molecule has 118 valence electrons. The number of hydrogen-bond acceptors (Lipinski definition) is 3. The van der Waals surface area contributed by atoms with Gasteiger partial charge in [0.25, 0.3) is 0 Å². The van der Waals surface area contributed by atoms with Crippen molar-refractivity contribution in [3.05, 3.63) is 29.8 Å². The lowest BCUT2D eigenvalue weighted by Gasteiger charge is -2.18. The van der Waals surface area contributed by atoms with Gasteiger partial charge in [0, 0.05) is 12.6 Å². The highest BCUT2D eigenvalue weighted by Crippen LogP contribution is 2.24. The first-order valence-electron chi connectivity index (χ1n) is 7.78. The molecule has 0 aliphatic heterocycles. The van der Waals surface area contributed by atoms with E-state index in [1.807, 2.05) is 19.2 Å². The van der Waals surface area contributed by atoms with Crippen LogP contribution in [0.2, 0.25) is 0 Å².